The number of nitrogens with one attached hydrogen (secondary N) is 4. The first-order valence-corrected chi connectivity index (χ1v) is 49.9. The molecule has 13 N–H and O–H groups in total. The molecule has 34 heteroatoms. The van der Waals surface area contributed by atoms with E-state index in [0.717, 1.165) is 165 Å². The van der Waals surface area contributed by atoms with Crippen LogP contribution in [-0.2, 0) is 76.6 Å². The second-order valence-electron chi connectivity index (χ2n) is 40.9. The molecule has 8 amide bonds. The average Bonchev–Trinajstić information content (AvgIpc) is 1.27. The molecule has 14 fully saturated rings. The zero-order valence-corrected chi connectivity index (χ0v) is 80.2. The van der Waals surface area contributed by atoms with E-state index in [4.69, 9.17) is 50.9 Å². The number of phenolic OH excluding ortho intramolecular Hbond substituents is 1. The van der Waals surface area contributed by atoms with Crippen molar-refractivity contribution in [1.29, 1.82) is 0 Å². The molecule has 4 bridgehead atoms. The fourth-order valence-electron chi connectivity index (χ4n) is 23.8. The second kappa shape index (κ2) is 42.2. The van der Waals surface area contributed by atoms with Gasteiger partial charge in [-0.2, -0.15) is 0 Å². The molecule has 3 spiro atoms. The summed E-state index contributed by atoms with van der Waals surface area (Å²) in [6.07, 6.45) is 17.8. The number of benzene rings is 6. The lowest BCUT2D eigenvalue weighted by molar-refractivity contribution is -0.386. The summed E-state index contributed by atoms with van der Waals surface area (Å²) in [5.41, 5.74) is 32.6. The Hall–Kier alpha value is -9.96. The molecule has 10 aliphatic carbocycles. The first-order chi connectivity index (χ1) is 64.7. The molecule has 4 saturated heterocycles. The summed E-state index contributed by atoms with van der Waals surface area (Å²) < 4.78 is 34.0. The number of alkyl halides is 2. The molecule has 4 aliphatic heterocycles. The number of nitrogens with zero attached hydrogens (tertiary/aromatic N) is 9. The fraction of sp³-hybridized carbons (Fsp3) is 0.564. The van der Waals surface area contributed by atoms with Crippen molar-refractivity contribution in [2.45, 2.75) is 179 Å². The van der Waals surface area contributed by atoms with Crippen LogP contribution in [0.5, 0.6) is 11.5 Å². The largest absolute Gasteiger partial charge is 0.502 e. The molecular formula is C101H130BrCl2F2N17O12. The number of nitro benzene ring substituents is 1. The number of amides is 8. The molecule has 726 valence electrons. The normalized spacial score (nSPS) is 24.8. The number of aromatic hydroxyl groups is 1. The average molecular weight is 1960 g/mol. The SMILES string of the molecule is Nc1ccc(Cl)cc1CN1CCN(C(=O)CNC(=O)C2CC23CCC(F)(F)CC3)CC1.Nc1ccc(Cl)cc1CN1CCN(C(=O)CNC(=O)C2CC23CCC3)CC1.Nc1ccc(N)c(CN2CCN(C(=O)CNC(=O)C3CC34CCCC4)CC2)c1.O=C(CC12CC3CC(C1)CC(c1ccc(O)c([N+](=O)[O-])c1)(C3)C2)NCC(=O)N1CCN(Cc2ccccc2OCc2ccc(Br)cc2)CC1. The highest BCUT2D eigenvalue weighted by molar-refractivity contribution is 9.10. The van der Waals surface area contributed by atoms with E-state index in [9.17, 15) is 62.4 Å². The van der Waals surface area contributed by atoms with E-state index in [2.05, 4.69) is 62.9 Å². The van der Waals surface area contributed by atoms with E-state index in [0.29, 0.717) is 143 Å². The van der Waals surface area contributed by atoms with Gasteiger partial charge in [-0.3, -0.25) is 68.1 Å². The highest BCUT2D eigenvalue weighted by atomic mass is 79.9. The number of carbonyl (C=O) groups is 8. The number of piperazine rings is 4. The minimum Gasteiger partial charge on any atom is -0.502 e. The number of nitro groups is 1. The number of phenols is 1. The van der Waals surface area contributed by atoms with Gasteiger partial charge < -0.3 is 73.6 Å². The van der Waals surface area contributed by atoms with Crippen LogP contribution < -0.4 is 48.9 Å². The zero-order chi connectivity index (χ0) is 95.1. The molecule has 135 heavy (non-hydrogen) atoms. The van der Waals surface area contributed by atoms with Gasteiger partial charge in [0.2, 0.25) is 53.2 Å². The number of anilines is 4. The molecule has 0 radical (unpaired) electrons. The Labute approximate surface area is 807 Å². The minimum atomic E-state index is -2.59. The number of hydrogen-bond acceptors (Lipinski definition) is 20. The number of nitrogens with two attached hydrogens (primary N) is 4. The van der Waals surface area contributed by atoms with Crippen molar-refractivity contribution in [3.05, 3.63) is 179 Å². The summed E-state index contributed by atoms with van der Waals surface area (Å²) in [4.78, 5) is 128. The number of rotatable bonds is 26. The number of para-hydroxylation sites is 1. The summed E-state index contributed by atoms with van der Waals surface area (Å²) >= 11 is 15.6. The Morgan fingerprint density at radius 2 is 0.874 bits per heavy atom. The molecule has 5 atom stereocenters. The van der Waals surface area contributed by atoms with Crippen LogP contribution in [0.4, 0.5) is 37.2 Å². The second-order valence-corrected chi connectivity index (χ2v) is 42.7. The number of hydrogen-bond donors (Lipinski definition) is 9. The van der Waals surface area contributed by atoms with Crippen molar-refractivity contribution in [3.63, 3.8) is 0 Å². The van der Waals surface area contributed by atoms with Gasteiger partial charge in [0.25, 0.3) is 0 Å². The van der Waals surface area contributed by atoms with Crippen molar-refractivity contribution in [2.24, 2.45) is 51.2 Å². The predicted molar refractivity (Wildman–Crippen MR) is 517 cm³/mol. The van der Waals surface area contributed by atoms with E-state index >= 15 is 0 Å². The Morgan fingerprint density at radius 3 is 1.31 bits per heavy atom. The lowest BCUT2D eigenvalue weighted by Crippen LogP contribution is -2.55. The summed E-state index contributed by atoms with van der Waals surface area (Å²) in [7, 11) is 0. The van der Waals surface area contributed by atoms with Crippen LogP contribution in [0.2, 0.25) is 10.0 Å². The van der Waals surface area contributed by atoms with Crippen LogP contribution in [0.1, 0.15) is 168 Å². The monoisotopic (exact) mass is 1960 g/mol. The molecule has 4 heterocycles. The van der Waals surface area contributed by atoms with Crippen LogP contribution in [-0.4, -0.2) is 233 Å². The lowest BCUT2D eigenvalue weighted by Gasteiger charge is -2.62. The first kappa shape index (κ1) is 98.1. The summed E-state index contributed by atoms with van der Waals surface area (Å²) in [5.74, 6) is -1.31. The van der Waals surface area contributed by atoms with Crippen LogP contribution in [0.15, 0.2) is 126 Å². The van der Waals surface area contributed by atoms with Crippen molar-refractivity contribution in [2.75, 3.05) is 154 Å². The quantitative estimate of drug-likeness (QED) is 0.0138. The zero-order valence-electron chi connectivity index (χ0n) is 77.1. The van der Waals surface area contributed by atoms with Gasteiger partial charge >= 0.3 is 5.69 Å². The third kappa shape index (κ3) is 24.4. The van der Waals surface area contributed by atoms with Crippen LogP contribution in [0.25, 0.3) is 0 Å². The van der Waals surface area contributed by atoms with Crippen LogP contribution >= 0.6 is 39.1 Å². The van der Waals surface area contributed by atoms with Gasteiger partial charge in [0.1, 0.15) is 12.4 Å². The van der Waals surface area contributed by atoms with E-state index in [-0.39, 0.29) is 137 Å². The van der Waals surface area contributed by atoms with Gasteiger partial charge in [0, 0.05) is 217 Å². The minimum absolute atomic E-state index is 0.00794. The van der Waals surface area contributed by atoms with Gasteiger partial charge in [-0.1, -0.05) is 94.8 Å². The predicted octanol–water partition coefficient (Wildman–Crippen LogP) is 12.3. The fourth-order valence-corrected chi connectivity index (χ4v) is 24.5. The smallest absolute Gasteiger partial charge is 0.310 e. The first-order valence-electron chi connectivity index (χ1n) is 48.3. The van der Waals surface area contributed by atoms with Crippen molar-refractivity contribution < 1.29 is 61.9 Å². The Balaban J connectivity index is 0.000000135. The van der Waals surface area contributed by atoms with Crippen molar-refractivity contribution in [1.82, 2.24) is 60.5 Å². The van der Waals surface area contributed by atoms with Gasteiger partial charge in [-0.25, -0.2) is 8.78 Å². The van der Waals surface area contributed by atoms with E-state index < -0.39 is 10.8 Å². The highest BCUT2D eigenvalue weighted by Gasteiger charge is 2.63. The van der Waals surface area contributed by atoms with E-state index in [1.165, 1.54) is 51.0 Å². The van der Waals surface area contributed by atoms with E-state index in [1.807, 2.05) is 93.6 Å². The molecule has 10 saturated carbocycles. The summed E-state index contributed by atoms with van der Waals surface area (Å²) in [5, 5.41) is 34.4. The molecule has 20 rings (SSSR count). The van der Waals surface area contributed by atoms with Crippen molar-refractivity contribution >= 4 is 115 Å². The third-order valence-corrected chi connectivity index (χ3v) is 32.8. The van der Waals surface area contributed by atoms with Gasteiger partial charge in [0.15, 0.2) is 5.75 Å². The maximum absolute atomic E-state index is 13.4. The molecule has 0 aromatic heterocycles. The lowest BCUT2D eigenvalue weighted by atomic mass is 9.42. The standard InChI is InChI=1S/C38H43BrN4O6.C22H29ClF2N4O2.C21H31N5O2.C20H27ClN4O2/c39-31-8-5-26(6-9-31)24-49-34-4-2-1-3-29(34)23-41-11-13-42(14-12-41)36(46)22-40-35(45)21-37-17-27-15-28(18-37)20-38(19-27,25-37)30-7-10-33(44)32(16-30)43(47)48;23-16-1-2-18(26)15(11-16)14-28-7-9-29(10-8-28)19(30)13-27-20(31)17-12-21(17)3-5-22(24,25)6-4-21;22-16-3-4-18(23)15(11-16)14-25-7-9-26(10-8-25)19(27)13-24-20(28)17-12-21(17)5-1-2-6-21;21-15-2-3-17(22)14(10-15)13-24-6-8-25(9-7-24)18(26)12-23-19(27)16-11-20(16)4-1-5-20/h1-10,16,27-28,44H,11-15,17-25H2,(H,40,45);1-2,11,17H,3-10,12-14,26H2,(H,27,31);3-4,11,17H,1-2,5-10,12-14,22-23H2,(H,24,28);2-3,10,16H,1,4-9,11-13,22H2,(H,23,27). The molecule has 6 aromatic rings. The topological polar surface area (TPSA) is 387 Å². The highest BCUT2D eigenvalue weighted by Crippen LogP contribution is 2.69. The van der Waals surface area contributed by atoms with Gasteiger partial charge in [-0.05, 0) is 242 Å². The number of nitrogen functional groups attached to an aromatic ring is 4. The van der Waals surface area contributed by atoms with Crippen LogP contribution in [0, 0.1) is 61.4 Å². The Bertz CT molecular complexity index is 5300. The molecule has 14 aliphatic rings. The van der Waals surface area contributed by atoms with Gasteiger partial charge in [-0.15, -0.1) is 0 Å². The number of ether oxygens (including phenoxy) is 1. The van der Waals surface area contributed by atoms with Gasteiger partial charge in [0.05, 0.1) is 31.1 Å². The Morgan fingerprint density at radius 1 is 0.467 bits per heavy atom. The van der Waals surface area contributed by atoms with Crippen LogP contribution in [0.3, 0.4) is 0 Å². The molecule has 6 aromatic carbocycles. The Kier molecular flexibility index (Phi) is 30.6. The summed E-state index contributed by atoms with van der Waals surface area (Å²) in [6.45, 7) is 14.7. The number of carbonyl (C=O) groups excluding carboxylic acids is 8. The molecular weight excluding hydrogens is 1830 g/mol. The maximum atomic E-state index is 13.4. The number of halogens is 5. The third-order valence-electron chi connectivity index (χ3n) is 31.8. The summed E-state index contributed by atoms with van der Waals surface area (Å²) in [6, 6.07) is 37.5. The van der Waals surface area contributed by atoms with E-state index in [1.54, 1.807) is 35.2 Å². The molecule has 5 unspecified atom stereocenters. The molecule has 29 nitrogen and oxygen atoms in total. The van der Waals surface area contributed by atoms with Crippen molar-refractivity contribution in [3.8, 4) is 11.5 Å². The maximum Gasteiger partial charge on any atom is 0.310 e.